The Hall–Kier alpha value is -3.22. The van der Waals surface area contributed by atoms with Crippen molar-refractivity contribution in [2.24, 2.45) is 0 Å². The van der Waals surface area contributed by atoms with Crippen LogP contribution in [0.15, 0.2) is 48.5 Å². The molecule has 0 unspecified atom stereocenters. The van der Waals surface area contributed by atoms with Crippen molar-refractivity contribution in [1.29, 1.82) is 0 Å². The third-order valence-electron chi connectivity index (χ3n) is 4.57. The zero-order valence-corrected chi connectivity index (χ0v) is 14.6. The van der Waals surface area contributed by atoms with Crippen molar-refractivity contribution in [3.63, 3.8) is 0 Å². The van der Waals surface area contributed by atoms with Crippen LogP contribution in [0.5, 0.6) is 0 Å². The molecule has 0 aliphatic heterocycles. The molecule has 0 fully saturated rings. The quantitative estimate of drug-likeness (QED) is 0.595. The van der Waals surface area contributed by atoms with Crippen LogP contribution in [0.25, 0.3) is 28.1 Å². The smallest absolute Gasteiger partial charge is 0.198 e. The molecular formula is C19H19FN6. The normalized spacial score (nSPS) is 11.2. The molecule has 132 valence electrons. The molecule has 26 heavy (non-hydrogen) atoms. The van der Waals surface area contributed by atoms with Gasteiger partial charge in [0, 0.05) is 24.2 Å². The van der Waals surface area contributed by atoms with E-state index in [4.69, 9.17) is 0 Å². The van der Waals surface area contributed by atoms with Gasteiger partial charge in [-0.05, 0) is 54.6 Å². The first-order valence-electron chi connectivity index (χ1n) is 8.63. The summed E-state index contributed by atoms with van der Waals surface area (Å²) in [6.07, 6.45) is 0. The van der Waals surface area contributed by atoms with Gasteiger partial charge >= 0.3 is 0 Å². The average molecular weight is 350 g/mol. The molecule has 0 atom stereocenters. The van der Waals surface area contributed by atoms with Crippen LogP contribution < -0.4 is 4.90 Å². The second-order valence-electron chi connectivity index (χ2n) is 5.95. The lowest BCUT2D eigenvalue weighted by Crippen LogP contribution is -2.22. The second-order valence-corrected chi connectivity index (χ2v) is 5.95. The van der Waals surface area contributed by atoms with Gasteiger partial charge in [-0.3, -0.25) is 0 Å². The number of aromatic nitrogens is 5. The van der Waals surface area contributed by atoms with Gasteiger partial charge in [0.25, 0.3) is 0 Å². The van der Waals surface area contributed by atoms with Crippen LogP contribution in [0.1, 0.15) is 13.8 Å². The Morgan fingerprint density at radius 1 is 1.08 bits per heavy atom. The number of hydrogen-bond donors (Lipinski definition) is 1. The number of H-pyrrole nitrogens is 1. The Morgan fingerprint density at radius 3 is 2.50 bits per heavy atom. The molecule has 7 heteroatoms. The molecule has 0 radical (unpaired) electrons. The number of rotatable bonds is 5. The van der Waals surface area contributed by atoms with Crippen molar-refractivity contribution in [2.75, 3.05) is 18.0 Å². The van der Waals surface area contributed by atoms with Gasteiger partial charge in [-0.25, -0.2) is 9.49 Å². The number of anilines is 1. The number of para-hydroxylation sites is 1. The van der Waals surface area contributed by atoms with E-state index in [2.05, 4.69) is 43.9 Å². The third-order valence-corrected chi connectivity index (χ3v) is 4.57. The maximum Gasteiger partial charge on any atom is 0.198 e. The lowest BCUT2D eigenvalue weighted by molar-refractivity contribution is 0.629. The number of nitrogens with zero attached hydrogens (tertiary/aromatic N) is 5. The van der Waals surface area contributed by atoms with E-state index in [0.29, 0.717) is 5.82 Å². The summed E-state index contributed by atoms with van der Waals surface area (Å²) in [5.74, 6) is 0.283. The molecular weight excluding hydrogens is 331 g/mol. The summed E-state index contributed by atoms with van der Waals surface area (Å²) in [6, 6.07) is 14.8. The molecule has 4 aromatic rings. The fourth-order valence-electron chi connectivity index (χ4n) is 3.43. The molecule has 2 aromatic heterocycles. The molecule has 1 N–H and O–H groups in total. The molecule has 0 spiro atoms. The molecule has 4 rings (SSSR count). The standard InChI is InChI=1S/C19H19FN6/c1-3-25(4-2)17-15-12-13(20)10-11-16(15)26(14-8-6-5-7-9-14)18(17)19-21-23-24-22-19/h5-12H,3-4H2,1-2H3,(H,21,22,23,24). The summed E-state index contributed by atoms with van der Waals surface area (Å²) in [7, 11) is 0. The van der Waals surface area contributed by atoms with Gasteiger partial charge < -0.3 is 9.47 Å². The van der Waals surface area contributed by atoms with E-state index in [-0.39, 0.29) is 5.82 Å². The summed E-state index contributed by atoms with van der Waals surface area (Å²) in [6.45, 7) is 5.73. The molecule has 0 saturated carbocycles. The van der Waals surface area contributed by atoms with E-state index >= 15 is 0 Å². The van der Waals surface area contributed by atoms with Crippen LogP contribution in [0.4, 0.5) is 10.1 Å². The van der Waals surface area contributed by atoms with Gasteiger partial charge in [-0.1, -0.05) is 18.2 Å². The Bertz CT molecular complexity index is 1020. The van der Waals surface area contributed by atoms with E-state index in [1.54, 1.807) is 12.1 Å². The van der Waals surface area contributed by atoms with Crippen LogP contribution in [-0.2, 0) is 0 Å². The number of tetrazole rings is 1. The number of aromatic amines is 1. The van der Waals surface area contributed by atoms with Gasteiger partial charge in [0.05, 0.1) is 11.2 Å². The van der Waals surface area contributed by atoms with Gasteiger partial charge in [0.1, 0.15) is 11.5 Å². The van der Waals surface area contributed by atoms with E-state index in [1.165, 1.54) is 6.07 Å². The number of nitrogens with one attached hydrogen (secondary N) is 1. The van der Waals surface area contributed by atoms with E-state index in [0.717, 1.165) is 41.1 Å². The predicted molar refractivity (Wildman–Crippen MR) is 100.0 cm³/mol. The Morgan fingerprint density at radius 2 is 1.85 bits per heavy atom. The van der Waals surface area contributed by atoms with Crippen molar-refractivity contribution < 1.29 is 4.39 Å². The molecule has 2 heterocycles. The Labute approximate surface area is 150 Å². The summed E-state index contributed by atoms with van der Waals surface area (Å²) in [5.41, 5.74) is 3.62. The van der Waals surface area contributed by atoms with E-state index in [9.17, 15) is 4.39 Å². The fourth-order valence-corrected chi connectivity index (χ4v) is 3.43. The predicted octanol–water partition coefficient (Wildman–Crippen LogP) is 3.80. The summed E-state index contributed by atoms with van der Waals surface area (Å²) in [4.78, 5) is 2.19. The zero-order valence-electron chi connectivity index (χ0n) is 14.6. The van der Waals surface area contributed by atoms with Crippen LogP contribution in [0, 0.1) is 5.82 Å². The molecule has 6 nitrogen and oxygen atoms in total. The van der Waals surface area contributed by atoms with E-state index in [1.807, 2.05) is 30.3 Å². The van der Waals surface area contributed by atoms with E-state index < -0.39 is 0 Å². The van der Waals surface area contributed by atoms with Crippen molar-refractivity contribution in [2.45, 2.75) is 13.8 Å². The topological polar surface area (TPSA) is 62.6 Å². The molecule has 2 aromatic carbocycles. The minimum atomic E-state index is -0.265. The summed E-state index contributed by atoms with van der Waals surface area (Å²) >= 11 is 0. The first-order chi connectivity index (χ1) is 12.7. The number of benzene rings is 2. The van der Waals surface area contributed by atoms with Gasteiger partial charge in [0.2, 0.25) is 0 Å². The molecule has 0 bridgehead atoms. The molecule has 0 aliphatic carbocycles. The average Bonchev–Trinajstić information content (AvgIpc) is 3.30. The molecule has 0 amide bonds. The van der Waals surface area contributed by atoms with Crippen molar-refractivity contribution in [3.05, 3.63) is 54.3 Å². The van der Waals surface area contributed by atoms with Crippen molar-refractivity contribution >= 4 is 16.6 Å². The highest BCUT2D eigenvalue weighted by atomic mass is 19.1. The third kappa shape index (κ3) is 2.52. The van der Waals surface area contributed by atoms with Crippen molar-refractivity contribution in [3.8, 4) is 17.2 Å². The van der Waals surface area contributed by atoms with Crippen LogP contribution in [0.2, 0.25) is 0 Å². The number of hydrogen-bond acceptors (Lipinski definition) is 4. The highest BCUT2D eigenvalue weighted by Crippen LogP contribution is 2.41. The summed E-state index contributed by atoms with van der Waals surface area (Å²) in [5, 5.41) is 15.3. The molecule has 0 aliphatic rings. The van der Waals surface area contributed by atoms with Crippen LogP contribution >= 0.6 is 0 Å². The number of fused-ring (bicyclic) bond motifs is 1. The van der Waals surface area contributed by atoms with Gasteiger partial charge in [-0.2, -0.15) is 0 Å². The van der Waals surface area contributed by atoms with Gasteiger partial charge in [0.15, 0.2) is 5.82 Å². The fraction of sp³-hybridized carbons (Fsp3) is 0.211. The maximum absolute atomic E-state index is 14.1. The Balaban J connectivity index is 2.17. The number of halogens is 1. The maximum atomic E-state index is 14.1. The highest BCUT2D eigenvalue weighted by molar-refractivity contribution is 6.03. The highest BCUT2D eigenvalue weighted by Gasteiger charge is 2.25. The SMILES string of the molecule is CCN(CC)c1c(-c2nnn[nH]2)n(-c2ccccc2)c2ccc(F)cc12. The monoisotopic (exact) mass is 350 g/mol. The first kappa shape index (κ1) is 16.3. The summed E-state index contributed by atoms with van der Waals surface area (Å²) < 4.78 is 16.2. The Kier molecular flexibility index (Phi) is 4.12. The van der Waals surface area contributed by atoms with Gasteiger partial charge in [-0.15, -0.1) is 5.10 Å². The lowest BCUT2D eigenvalue weighted by Gasteiger charge is -2.22. The first-order valence-corrected chi connectivity index (χ1v) is 8.63. The largest absolute Gasteiger partial charge is 0.370 e. The van der Waals surface area contributed by atoms with Crippen LogP contribution in [0.3, 0.4) is 0 Å². The van der Waals surface area contributed by atoms with Crippen molar-refractivity contribution in [1.82, 2.24) is 25.2 Å². The minimum Gasteiger partial charge on any atom is -0.370 e. The lowest BCUT2D eigenvalue weighted by atomic mass is 10.2. The minimum absolute atomic E-state index is 0.265. The molecule has 0 saturated heterocycles. The zero-order chi connectivity index (χ0) is 18.1. The second kappa shape index (κ2) is 6.59. The van der Waals surface area contributed by atoms with Crippen LogP contribution in [-0.4, -0.2) is 38.3 Å².